The lowest BCUT2D eigenvalue weighted by molar-refractivity contribution is 0.102. The molecule has 7 heteroatoms. The van der Waals surface area contributed by atoms with E-state index in [9.17, 15) is 9.18 Å². The lowest BCUT2D eigenvalue weighted by Crippen LogP contribution is -2.13. The molecule has 4 rings (SSSR count). The van der Waals surface area contributed by atoms with Crippen molar-refractivity contribution in [2.75, 3.05) is 5.32 Å². The highest BCUT2D eigenvalue weighted by Crippen LogP contribution is 2.27. The van der Waals surface area contributed by atoms with Crippen LogP contribution in [0.25, 0.3) is 16.7 Å². The molecule has 0 aliphatic carbocycles. The van der Waals surface area contributed by atoms with Crippen molar-refractivity contribution in [3.8, 4) is 5.69 Å². The molecule has 1 heterocycles. The summed E-state index contributed by atoms with van der Waals surface area (Å²) >= 11 is 6.31. The van der Waals surface area contributed by atoms with Crippen molar-refractivity contribution in [3.05, 3.63) is 82.6 Å². The molecule has 0 radical (unpaired) electrons. The third-order valence-corrected chi connectivity index (χ3v) is 5.13. The summed E-state index contributed by atoms with van der Waals surface area (Å²) in [5.41, 5.74) is 3.56. The van der Waals surface area contributed by atoms with E-state index >= 15 is 0 Å². The van der Waals surface area contributed by atoms with Crippen molar-refractivity contribution in [3.63, 3.8) is 0 Å². The van der Waals surface area contributed by atoms with Gasteiger partial charge in [-0.3, -0.25) is 4.79 Å². The largest absolute Gasteiger partial charge is 0.320 e. The van der Waals surface area contributed by atoms with Crippen LogP contribution in [0.3, 0.4) is 0 Å². The standard InChI is InChI=1S/C23H20ClFN4O/c1-2-3-6-15-9-11-16(12-10-15)29-27-21-13-18(24)20(14-22(21)28-29)26-23(30)17-7-4-5-8-19(17)25/h4-5,7-14H,2-3,6H2,1H3,(H,26,30). The lowest BCUT2D eigenvalue weighted by atomic mass is 10.1. The topological polar surface area (TPSA) is 59.8 Å². The summed E-state index contributed by atoms with van der Waals surface area (Å²) in [6, 6.07) is 17.2. The molecule has 1 amide bonds. The van der Waals surface area contributed by atoms with Crippen LogP contribution in [0.15, 0.2) is 60.7 Å². The molecule has 5 nitrogen and oxygen atoms in total. The maximum absolute atomic E-state index is 13.9. The van der Waals surface area contributed by atoms with Crippen molar-refractivity contribution >= 4 is 34.2 Å². The van der Waals surface area contributed by atoms with Gasteiger partial charge in [0.05, 0.1) is 22.0 Å². The van der Waals surface area contributed by atoms with E-state index in [-0.39, 0.29) is 5.56 Å². The van der Waals surface area contributed by atoms with Crippen molar-refractivity contribution in [2.24, 2.45) is 0 Å². The fraction of sp³-hybridized carbons (Fsp3) is 0.174. The zero-order valence-corrected chi connectivity index (χ0v) is 17.2. The summed E-state index contributed by atoms with van der Waals surface area (Å²) in [5, 5.41) is 11.9. The molecular weight excluding hydrogens is 403 g/mol. The van der Waals surface area contributed by atoms with Crippen molar-refractivity contribution in [2.45, 2.75) is 26.2 Å². The summed E-state index contributed by atoms with van der Waals surface area (Å²) in [6.45, 7) is 2.17. The van der Waals surface area contributed by atoms with Gasteiger partial charge in [-0.25, -0.2) is 4.39 Å². The number of amides is 1. The van der Waals surface area contributed by atoms with E-state index < -0.39 is 11.7 Å². The van der Waals surface area contributed by atoms with E-state index in [1.54, 1.807) is 18.2 Å². The number of anilines is 1. The zero-order chi connectivity index (χ0) is 21.1. The Morgan fingerprint density at radius 2 is 1.77 bits per heavy atom. The molecule has 30 heavy (non-hydrogen) atoms. The number of carbonyl (C=O) groups is 1. The van der Waals surface area contributed by atoms with Gasteiger partial charge in [-0.05, 0) is 54.8 Å². The molecule has 152 valence electrons. The number of nitrogens with one attached hydrogen (secondary N) is 1. The second kappa shape index (κ2) is 8.63. The summed E-state index contributed by atoms with van der Waals surface area (Å²) in [7, 11) is 0. The first-order valence-electron chi connectivity index (χ1n) is 9.77. The van der Waals surface area contributed by atoms with Crippen LogP contribution in [-0.2, 0) is 6.42 Å². The number of rotatable bonds is 6. The van der Waals surface area contributed by atoms with Crippen molar-refractivity contribution in [1.29, 1.82) is 0 Å². The van der Waals surface area contributed by atoms with E-state index in [1.165, 1.54) is 28.6 Å². The van der Waals surface area contributed by atoms with E-state index in [0.717, 1.165) is 24.9 Å². The van der Waals surface area contributed by atoms with Gasteiger partial charge in [0.2, 0.25) is 0 Å². The van der Waals surface area contributed by atoms with Gasteiger partial charge in [0, 0.05) is 0 Å². The van der Waals surface area contributed by atoms with Gasteiger partial charge in [-0.1, -0.05) is 49.2 Å². The minimum atomic E-state index is -0.597. The third kappa shape index (κ3) is 4.19. The SMILES string of the molecule is CCCCc1ccc(-n2nc3cc(Cl)c(NC(=O)c4ccccc4F)cc3n2)cc1. The number of unbranched alkanes of at least 4 members (excludes halogenated alkanes) is 1. The minimum Gasteiger partial charge on any atom is -0.320 e. The van der Waals surface area contributed by atoms with Gasteiger partial charge in [0.15, 0.2) is 0 Å². The molecule has 0 aliphatic heterocycles. The molecular formula is C23H20ClFN4O. The van der Waals surface area contributed by atoms with Gasteiger partial charge in [-0.15, -0.1) is 10.2 Å². The quantitative estimate of drug-likeness (QED) is 0.426. The molecule has 1 aromatic heterocycles. The van der Waals surface area contributed by atoms with E-state index in [2.05, 4.69) is 34.6 Å². The Morgan fingerprint density at radius 1 is 1.07 bits per heavy atom. The van der Waals surface area contributed by atoms with Crippen molar-refractivity contribution < 1.29 is 9.18 Å². The molecule has 0 saturated heterocycles. The monoisotopic (exact) mass is 422 g/mol. The Balaban J connectivity index is 1.60. The molecule has 0 saturated carbocycles. The molecule has 1 N–H and O–H groups in total. The lowest BCUT2D eigenvalue weighted by Gasteiger charge is -2.07. The number of hydrogen-bond acceptors (Lipinski definition) is 3. The molecule has 4 aromatic rings. The highest BCUT2D eigenvalue weighted by atomic mass is 35.5. The Kier molecular flexibility index (Phi) is 5.77. The molecule has 0 aliphatic rings. The predicted octanol–water partition coefficient (Wildman–Crippen LogP) is 5.81. The number of aryl methyl sites for hydroxylation is 1. The zero-order valence-electron chi connectivity index (χ0n) is 16.4. The summed E-state index contributed by atoms with van der Waals surface area (Å²) < 4.78 is 13.9. The predicted molar refractivity (Wildman–Crippen MR) is 117 cm³/mol. The highest BCUT2D eigenvalue weighted by Gasteiger charge is 2.15. The Labute approximate surface area is 178 Å². The van der Waals surface area contributed by atoms with E-state index in [1.807, 2.05) is 12.1 Å². The molecule has 0 atom stereocenters. The second-order valence-corrected chi connectivity index (χ2v) is 7.42. The first-order chi connectivity index (χ1) is 14.5. The molecule has 3 aromatic carbocycles. The van der Waals surface area contributed by atoms with E-state index in [0.29, 0.717) is 21.7 Å². The van der Waals surface area contributed by atoms with Crippen LogP contribution in [-0.4, -0.2) is 20.9 Å². The number of fused-ring (bicyclic) bond motifs is 1. The third-order valence-electron chi connectivity index (χ3n) is 4.82. The first-order valence-corrected chi connectivity index (χ1v) is 10.1. The van der Waals surface area contributed by atoms with Gasteiger partial charge in [-0.2, -0.15) is 4.80 Å². The van der Waals surface area contributed by atoms with Crippen molar-refractivity contribution in [1.82, 2.24) is 15.0 Å². The molecule has 0 unspecified atom stereocenters. The maximum Gasteiger partial charge on any atom is 0.258 e. The van der Waals surface area contributed by atoms with Gasteiger partial charge in [0.25, 0.3) is 5.91 Å². The molecule has 0 spiro atoms. The van der Waals surface area contributed by atoms with Gasteiger partial charge >= 0.3 is 0 Å². The average molecular weight is 423 g/mol. The van der Waals surface area contributed by atoms with Crippen LogP contribution in [0.4, 0.5) is 10.1 Å². The number of benzene rings is 3. The normalized spacial score (nSPS) is 11.0. The van der Waals surface area contributed by atoms with Crippen LogP contribution in [0, 0.1) is 5.82 Å². The Morgan fingerprint density at radius 3 is 2.47 bits per heavy atom. The second-order valence-electron chi connectivity index (χ2n) is 7.01. The number of carbonyl (C=O) groups excluding carboxylic acids is 1. The fourth-order valence-corrected chi connectivity index (χ4v) is 3.37. The average Bonchev–Trinajstić information content (AvgIpc) is 3.15. The summed E-state index contributed by atoms with van der Waals surface area (Å²) in [5.74, 6) is -1.18. The van der Waals surface area contributed by atoms with Crippen LogP contribution in [0.1, 0.15) is 35.7 Å². The summed E-state index contributed by atoms with van der Waals surface area (Å²) in [4.78, 5) is 13.9. The molecule has 0 bridgehead atoms. The maximum atomic E-state index is 13.9. The number of hydrogen-bond donors (Lipinski definition) is 1. The fourth-order valence-electron chi connectivity index (χ4n) is 3.16. The first kappa shape index (κ1) is 20.0. The Bertz CT molecular complexity index is 1200. The van der Waals surface area contributed by atoms with Crippen LogP contribution >= 0.6 is 11.6 Å². The van der Waals surface area contributed by atoms with E-state index in [4.69, 9.17) is 11.6 Å². The van der Waals surface area contributed by atoms with Crippen LogP contribution in [0.2, 0.25) is 5.02 Å². The summed E-state index contributed by atoms with van der Waals surface area (Å²) in [6.07, 6.45) is 3.36. The van der Waals surface area contributed by atoms with Gasteiger partial charge < -0.3 is 5.32 Å². The number of nitrogens with zero attached hydrogens (tertiary/aromatic N) is 3. The smallest absolute Gasteiger partial charge is 0.258 e. The highest BCUT2D eigenvalue weighted by molar-refractivity contribution is 6.34. The Hall–Kier alpha value is -3.25. The number of halogens is 2. The van der Waals surface area contributed by atoms with Gasteiger partial charge in [0.1, 0.15) is 16.9 Å². The van der Waals surface area contributed by atoms with Crippen LogP contribution in [0.5, 0.6) is 0 Å². The molecule has 0 fully saturated rings. The van der Waals surface area contributed by atoms with Crippen LogP contribution < -0.4 is 5.32 Å². The number of aromatic nitrogens is 3. The minimum absolute atomic E-state index is 0.0551.